The first kappa shape index (κ1) is 6.66. The maximum Gasteiger partial charge on any atom is 0.00981 e. The summed E-state index contributed by atoms with van der Waals surface area (Å²) in [5, 5.41) is 0. The van der Waals surface area contributed by atoms with Crippen molar-refractivity contribution in [1.82, 2.24) is 4.90 Å². The van der Waals surface area contributed by atoms with Gasteiger partial charge in [0.1, 0.15) is 0 Å². The molecule has 1 heteroatoms. The largest absolute Gasteiger partial charge is 0.300 e. The molecule has 2 fully saturated rings. The van der Waals surface area contributed by atoms with Crippen LogP contribution in [0, 0.1) is 6.42 Å². The normalized spacial score (nSPS) is 30.0. The molecule has 2 aliphatic rings. The molecule has 1 unspecified atom stereocenters. The molecule has 1 heterocycles. The Hall–Kier alpha value is -0.0400. The Morgan fingerprint density at radius 2 is 2.00 bits per heavy atom. The first-order valence-electron chi connectivity index (χ1n) is 4.52. The summed E-state index contributed by atoms with van der Waals surface area (Å²) in [6.45, 7) is 2.75. The highest BCUT2D eigenvalue weighted by Crippen LogP contribution is 2.25. The van der Waals surface area contributed by atoms with E-state index in [4.69, 9.17) is 0 Å². The van der Waals surface area contributed by atoms with Gasteiger partial charge < -0.3 is 4.90 Å². The van der Waals surface area contributed by atoms with Crippen LogP contribution in [-0.2, 0) is 0 Å². The van der Waals surface area contributed by atoms with Gasteiger partial charge in [0.2, 0.25) is 0 Å². The number of likely N-dealkylation sites (tertiary alicyclic amines) is 1. The molecule has 0 aromatic heterocycles. The fourth-order valence-corrected chi connectivity index (χ4v) is 2.18. The van der Waals surface area contributed by atoms with Crippen molar-refractivity contribution < 1.29 is 0 Å². The first-order chi connectivity index (χ1) is 4.97. The molecule has 2 rings (SSSR count). The minimum Gasteiger partial charge on any atom is -0.300 e. The summed E-state index contributed by atoms with van der Waals surface area (Å²) in [4.78, 5) is 2.67. The number of hydrogen-bond acceptors (Lipinski definition) is 1. The van der Waals surface area contributed by atoms with Crippen LogP contribution < -0.4 is 0 Å². The molecule has 57 valence electrons. The van der Waals surface area contributed by atoms with Crippen molar-refractivity contribution in [1.29, 1.82) is 0 Å². The van der Waals surface area contributed by atoms with Crippen molar-refractivity contribution >= 4 is 0 Å². The maximum absolute atomic E-state index is 2.67. The number of nitrogens with zero attached hydrogens (tertiary/aromatic N) is 1. The Kier molecular flexibility index (Phi) is 1.94. The average molecular weight is 138 g/mol. The molecule has 0 bridgehead atoms. The second kappa shape index (κ2) is 2.91. The SMILES string of the molecule is [CH]1CCC(N2CCCC2)C1. The minimum atomic E-state index is 0.933. The summed E-state index contributed by atoms with van der Waals surface area (Å²) in [7, 11) is 0. The summed E-state index contributed by atoms with van der Waals surface area (Å²) in [6, 6.07) is 0.933. The Bertz CT molecular complexity index is 85.3. The minimum absolute atomic E-state index is 0.933. The molecular formula is C9H16N. The molecule has 1 aliphatic carbocycles. The number of hydrogen-bond donors (Lipinski definition) is 0. The molecule has 1 atom stereocenters. The van der Waals surface area contributed by atoms with E-state index in [2.05, 4.69) is 11.3 Å². The molecule has 0 N–H and O–H groups in total. The van der Waals surface area contributed by atoms with Crippen LogP contribution in [0.2, 0.25) is 0 Å². The Morgan fingerprint density at radius 1 is 1.20 bits per heavy atom. The van der Waals surface area contributed by atoms with Gasteiger partial charge >= 0.3 is 0 Å². The predicted molar refractivity (Wildman–Crippen MR) is 42.7 cm³/mol. The maximum atomic E-state index is 2.67. The van der Waals surface area contributed by atoms with Gasteiger partial charge in [0, 0.05) is 6.04 Å². The molecule has 1 saturated heterocycles. The summed E-state index contributed by atoms with van der Waals surface area (Å²) < 4.78 is 0. The van der Waals surface area contributed by atoms with E-state index >= 15 is 0 Å². The van der Waals surface area contributed by atoms with Crippen LogP contribution in [-0.4, -0.2) is 24.0 Å². The summed E-state index contributed by atoms with van der Waals surface area (Å²) in [5.41, 5.74) is 0. The zero-order valence-corrected chi connectivity index (χ0v) is 6.55. The molecule has 1 aliphatic heterocycles. The van der Waals surface area contributed by atoms with Crippen molar-refractivity contribution in [3.8, 4) is 0 Å². The van der Waals surface area contributed by atoms with Gasteiger partial charge in [-0.15, -0.1) is 0 Å². The van der Waals surface area contributed by atoms with Crippen LogP contribution >= 0.6 is 0 Å². The zero-order chi connectivity index (χ0) is 6.81. The summed E-state index contributed by atoms with van der Waals surface area (Å²) in [5.74, 6) is 0. The average Bonchev–Trinajstić information content (AvgIpc) is 2.59. The Balaban J connectivity index is 1.85. The van der Waals surface area contributed by atoms with E-state index in [1.54, 1.807) is 0 Å². The molecule has 1 nitrogen and oxygen atoms in total. The highest BCUT2D eigenvalue weighted by molar-refractivity contribution is 4.88. The third kappa shape index (κ3) is 1.20. The van der Waals surface area contributed by atoms with E-state index in [1.165, 1.54) is 45.2 Å². The third-order valence-electron chi connectivity index (χ3n) is 2.80. The molecule has 10 heavy (non-hydrogen) atoms. The van der Waals surface area contributed by atoms with Crippen LogP contribution in [0.4, 0.5) is 0 Å². The predicted octanol–water partition coefficient (Wildman–Crippen LogP) is 1.84. The van der Waals surface area contributed by atoms with Gasteiger partial charge in [-0.05, 0) is 51.6 Å². The number of rotatable bonds is 1. The third-order valence-corrected chi connectivity index (χ3v) is 2.80. The van der Waals surface area contributed by atoms with Crippen molar-refractivity contribution in [2.45, 2.75) is 38.1 Å². The fraction of sp³-hybridized carbons (Fsp3) is 0.889. The second-order valence-electron chi connectivity index (χ2n) is 3.50. The highest BCUT2D eigenvalue weighted by Gasteiger charge is 2.24. The lowest BCUT2D eigenvalue weighted by atomic mass is 10.2. The van der Waals surface area contributed by atoms with E-state index in [-0.39, 0.29) is 0 Å². The molecule has 0 amide bonds. The quantitative estimate of drug-likeness (QED) is 0.534. The summed E-state index contributed by atoms with van der Waals surface area (Å²) in [6.07, 6.45) is 9.48. The summed E-state index contributed by atoms with van der Waals surface area (Å²) >= 11 is 0. The molecule has 0 aromatic rings. The van der Waals surface area contributed by atoms with Gasteiger partial charge in [0.25, 0.3) is 0 Å². The Labute approximate surface area is 63.4 Å². The molecule has 0 aromatic carbocycles. The van der Waals surface area contributed by atoms with Gasteiger partial charge in [0.05, 0.1) is 0 Å². The first-order valence-corrected chi connectivity index (χ1v) is 4.52. The van der Waals surface area contributed by atoms with E-state index < -0.39 is 0 Å². The van der Waals surface area contributed by atoms with Crippen molar-refractivity contribution in [2.75, 3.05) is 13.1 Å². The Morgan fingerprint density at radius 3 is 2.60 bits per heavy atom. The van der Waals surface area contributed by atoms with Gasteiger partial charge in [-0.2, -0.15) is 0 Å². The van der Waals surface area contributed by atoms with E-state index in [9.17, 15) is 0 Å². The second-order valence-corrected chi connectivity index (χ2v) is 3.50. The molecular weight excluding hydrogens is 122 g/mol. The lowest BCUT2D eigenvalue weighted by molar-refractivity contribution is 0.249. The lowest BCUT2D eigenvalue weighted by Crippen LogP contribution is -2.29. The van der Waals surface area contributed by atoms with Crippen LogP contribution in [0.15, 0.2) is 0 Å². The standard InChI is InChI=1S/C9H16N/c1-2-6-9(5-1)10-7-3-4-8-10/h1,9H,2-8H2. The molecule has 1 radical (unpaired) electrons. The van der Waals surface area contributed by atoms with Crippen molar-refractivity contribution in [3.05, 3.63) is 6.42 Å². The van der Waals surface area contributed by atoms with Gasteiger partial charge in [-0.25, -0.2) is 0 Å². The van der Waals surface area contributed by atoms with E-state index in [0.29, 0.717) is 0 Å². The topological polar surface area (TPSA) is 3.24 Å². The van der Waals surface area contributed by atoms with Crippen LogP contribution in [0.5, 0.6) is 0 Å². The van der Waals surface area contributed by atoms with Crippen LogP contribution in [0.1, 0.15) is 32.1 Å². The van der Waals surface area contributed by atoms with Gasteiger partial charge in [-0.3, -0.25) is 0 Å². The lowest BCUT2D eigenvalue weighted by Gasteiger charge is -2.22. The van der Waals surface area contributed by atoms with Gasteiger partial charge in [-0.1, -0.05) is 0 Å². The van der Waals surface area contributed by atoms with Crippen molar-refractivity contribution in [3.63, 3.8) is 0 Å². The monoisotopic (exact) mass is 138 g/mol. The van der Waals surface area contributed by atoms with Crippen molar-refractivity contribution in [2.24, 2.45) is 0 Å². The van der Waals surface area contributed by atoms with Crippen LogP contribution in [0.3, 0.4) is 0 Å². The van der Waals surface area contributed by atoms with E-state index in [0.717, 1.165) is 6.04 Å². The highest BCUT2D eigenvalue weighted by atomic mass is 15.2. The van der Waals surface area contributed by atoms with Crippen LogP contribution in [0.25, 0.3) is 0 Å². The van der Waals surface area contributed by atoms with E-state index in [1.807, 2.05) is 0 Å². The molecule has 1 saturated carbocycles. The zero-order valence-electron chi connectivity index (χ0n) is 6.55. The van der Waals surface area contributed by atoms with Gasteiger partial charge in [0.15, 0.2) is 0 Å². The fourth-order valence-electron chi connectivity index (χ4n) is 2.18. The molecule has 0 spiro atoms. The smallest absolute Gasteiger partial charge is 0.00981 e.